The van der Waals surface area contributed by atoms with Crippen molar-refractivity contribution in [3.8, 4) is 0 Å². The van der Waals surface area contributed by atoms with Gasteiger partial charge in [-0.2, -0.15) is 0 Å². The summed E-state index contributed by atoms with van der Waals surface area (Å²) in [6.45, 7) is 1.96. The van der Waals surface area contributed by atoms with Gasteiger partial charge < -0.3 is 4.74 Å². The molecule has 14 heavy (non-hydrogen) atoms. The molecule has 0 aliphatic rings. The quantitative estimate of drug-likeness (QED) is 0.727. The Kier molecular flexibility index (Phi) is 3.83. The third-order valence-electron chi connectivity index (χ3n) is 1.55. The van der Waals surface area contributed by atoms with E-state index in [1.54, 1.807) is 6.92 Å². The second kappa shape index (κ2) is 4.91. The van der Waals surface area contributed by atoms with Gasteiger partial charge >= 0.3 is 5.97 Å². The molecule has 5 heteroatoms. The summed E-state index contributed by atoms with van der Waals surface area (Å²) in [5, 5.41) is -0.0909. The third-order valence-corrected chi connectivity index (χ3v) is 1.81. The van der Waals surface area contributed by atoms with Gasteiger partial charge in [0.25, 0.3) is 0 Å². The molecule has 1 rings (SSSR count). The molecule has 1 heterocycles. The van der Waals surface area contributed by atoms with Gasteiger partial charge in [0.2, 0.25) is 0 Å². The van der Waals surface area contributed by atoms with Gasteiger partial charge in [-0.15, -0.1) is 0 Å². The van der Waals surface area contributed by atoms with Crippen molar-refractivity contribution in [1.82, 2.24) is 4.98 Å². The monoisotopic (exact) mass is 217 g/mol. The SMILES string of the molecule is CCOC(=O)Cc1cncc(Cl)c1F. The fourth-order valence-corrected chi connectivity index (χ4v) is 1.13. The van der Waals surface area contributed by atoms with Crippen LogP contribution in [-0.4, -0.2) is 17.6 Å². The number of hydrogen-bond acceptors (Lipinski definition) is 3. The van der Waals surface area contributed by atoms with Crippen LogP contribution in [0.3, 0.4) is 0 Å². The minimum absolute atomic E-state index is 0.0909. The summed E-state index contributed by atoms with van der Waals surface area (Å²) in [6, 6.07) is 0. The molecule has 0 atom stereocenters. The van der Waals surface area contributed by atoms with Crippen molar-refractivity contribution >= 4 is 17.6 Å². The Bertz CT molecular complexity index is 344. The topological polar surface area (TPSA) is 39.2 Å². The van der Waals surface area contributed by atoms with E-state index >= 15 is 0 Å². The first-order valence-corrected chi connectivity index (χ1v) is 4.46. The van der Waals surface area contributed by atoms with E-state index in [4.69, 9.17) is 11.6 Å². The van der Waals surface area contributed by atoms with Crippen LogP contribution in [0.2, 0.25) is 5.02 Å². The van der Waals surface area contributed by atoms with Crippen LogP contribution >= 0.6 is 11.6 Å². The van der Waals surface area contributed by atoms with Gasteiger partial charge in [-0.1, -0.05) is 11.6 Å². The first-order chi connectivity index (χ1) is 6.65. The Morgan fingerprint density at radius 2 is 2.36 bits per heavy atom. The largest absolute Gasteiger partial charge is 0.466 e. The zero-order valence-corrected chi connectivity index (χ0v) is 8.34. The van der Waals surface area contributed by atoms with Crippen LogP contribution in [0.25, 0.3) is 0 Å². The average Bonchev–Trinajstić information content (AvgIpc) is 2.13. The summed E-state index contributed by atoms with van der Waals surface area (Å²) in [5.41, 5.74) is 0.149. The summed E-state index contributed by atoms with van der Waals surface area (Å²) in [4.78, 5) is 14.7. The number of carbonyl (C=O) groups is 1. The summed E-state index contributed by atoms with van der Waals surface area (Å²) in [6.07, 6.45) is 2.30. The average molecular weight is 218 g/mol. The molecular weight excluding hydrogens is 209 g/mol. The number of ether oxygens (including phenoxy) is 1. The molecule has 0 N–H and O–H groups in total. The lowest BCUT2D eigenvalue weighted by atomic mass is 10.2. The van der Waals surface area contributed by atoms with E-state index in [2.05, 4.69) is 9.72 Å². The number of carbonyl (C=O) groups excluding carboxylic acids is 1. The number of esters is 1. The van der Waals surface area contributed by atoms with Gasteiger partial charge in [0, 0.05) is 18.0 Å². The van der Waals surface area contributed by atoms with E-state index in [-0.39, 0.29) is 23.6 Å². The van der Waals surface area contributed by atoms with Gasteiger partial charge in [-0.25, -0.2) is 4.39 Å². The lowest BCUT2D eigenvalue weighted by Crippen LogP contribution is -2.09. The van der Waals surface area contributed by atoms with Crippen LogP contribution in [0.5, 0.6) is 0 Å². The smallest absolute Gasteiger partial charge is 0.310 e. The van der Waals surface area contributed by atoms with Crippen molar-refractivity contribution in [2.24, 2.45) is 0 Å². The van der Waals surface area contributed by atoms with E-state index in [1.165, 1.54) is 12.4 Å². The predicted octanol–water partition coefficient (Wildman–Crippen LogP) is 1.98. The Hall–Kier alpha value is -1.16. The van der Waals surface area contributed by atoms with Crippen molar-refractivity contribution in [1.29, 1.82) is 0 Å². The lowest BCUT2D eigenvalue weighted by molar-refractivity contribution is -0.142. The highest BCUT2D eigenvalue weighted by atomic mass is 35.5. The predicted molar refractivity (Wildman–Crippen MR) is 49.5 cm³/mol. The zero-order chi connectivity index (χ0) is 10.6. The molecule has 0 aliphatic carbocycles. The molecule has 0 amide bonds. The molecule has 0 fully saturated rings. The number of rotatable bonds is 3. The first-order valence-electron chi connectivity index (χ1n) is 4.08. The van der Waals surface area contributed by atoms with Gasteiger partial charge in [-0.05, 0) is 6.92 Å². The summed E-state index contributed by atoms with van der Waals surface area (Å²) < 4.78 is 17.9. The summed E-state index contributed by atoms with van der Waals surface area (Å²) >= 11 is 5.48. The van der Waals surface area contributed by atoms with Gasteiger partial charge in [0.1, 0.15) is 5.82 Å². The highest BCUT2D eigenvalue weighted by Crippen LogP contribution is 2.16. The molecule has 0 bridgehead atoms. The van der Waals surface area contributed by atoms with Gasteiger partial charge in [-0.3, -0.25) is 9.78 Å². The molecule has 1 aromatic heterocycles. The highest BCUT2D eigenvalue weighted by molar-refractivity contribution is 6.30. The van der Waals surface area contributed by atoms with Crippen LogP contribution in [0, 0.1) is 5.82 Å². The molecule has 0 aliphatic heterocycles. The molecule has 0 unspecified atom stereocenters. The van der Waals surface area contributed by atoms with E-state index in [0.29, 0.717) is 0 Å². The lowest BCUT2D eigenvalue weighted by Gasteiger charge is -2.03. The van der Waals surface area contributed by atoms with Crippen molar-refractivity contribution in [2.75, 3.05) is 6.61 Å². The minimum atomic E-state index is -0.616. The number of nitrogens with zero attached hydrogens (tertiary/aromatic N) is 1. The normalized spacial score (nSPS) is 9.93. The highest BCUT2D eigenvalue weighted by Gasteiger charge is 2.11. The fourth-order valence-electron chi connectivity index (χ4n) is 0.950. The summed E-state index contributed by atoms with van der Waals surface area (Å²) in [7, 11) is 0. The zero-order valence-electron chi connectivity index (χ0n) is 7.59. The fraction of sp³-hybridized carbons (Fsp3) is 0.333. The number of halogens is 2. The summed E-state index contributed by atoms with van der Waals surface area (Å²) in [5.74, 6) is -1.11. The van der Waals surface area contributed by atoms with Gasteiger partial charge in [0.05, 0.1) is 18.1 Å². The van der Waals surface area contributed by atoms with E-state index < -0.39 is 11.8 Å². The molecule has 0 radical (unpaired) electrons. The Morgan fingerprint density at radius 1 is 1.64 bits per heavy atom. The van der Waals surface area contributed by atoms with E-state index in [0.717, 1.165) is 0 Å². The van der Waals surface area contributed by atoms with Crippen molar-refractivity contribution in [2.45, 2.75) is 13.3 Å². The third kappa shape index (κ3) is 2.67. The maximum absolute atomic E-state index is 13.2. The molecule has 0 saturated carbocycles. The molecule has 3 nitrogen and oxygen atoms in total. The Labute approximate surface area is 85.9 Å². The molecule has 0 spiro atoms. The molecular formula is C9H9ClFNO2. The minimum Gasteiger partial charge on any atom is -0.466 e. The number of pyridine rings is 1. The molecule has 0 saturated heterocycles. The molecule has 1 aromatic rings. The van der Waals surface area contributed by atoms with E-state index in [1.807, 2.05) is 0 Å². The van der Waals surface area contributed by atoms with Crippen molar-refractivity contribution < 1.29 is 13.9 Å². The Morgan fingerprint density at radius 3 is 3.00 bits per heavy atom. The van der Waals surface area contributed by atoms with Crippen LogP contribution in [-0.2, 0) is 16.0 Å². The number of hydrogen-bond donors (Lipinski definition) is 0. The second-order valence-corrected chi connectivity index (χ2v) is 2.98. The first kappa shape index (κ1) is 10.9. The van der Waals surface area contributed by atoms with Crippen LogP contribution < -0.4 is 0 Å². The van der Waals surface area contributed by atoms with Crippen molar-refractivity contribution in [3.63, 3.8) is 0 Å². The number of aromatic nitrogens is 1. The van der Waals surface area contributed by atoms with Crippen molar-refractivity contribution in [3.05, 3.63) is 28.8 Å². The Balaban J connectivity index is 2.76. The molecule has 0 aromatic carbocycles. The van der Waals surface area contributed by atoms with Crippen LogP contribution in [0.1, 0.15) is 12.5 Å². The van der Waals surface area contributed by atoms with Gasteiger partial charge in [0.15, 0.2) is 0 Å². The van der Waals surface area contributed by atoms with Crippen LogP contribution in [0.15, 0.2) is 12.4 Å². The maximum atomic E-state index is 13.2. The second-order valence-electron chi connectivity index (χ2n) is 2.58. The maximum Gasteiger partial charge on any atom is 0.310 e. The van der Waals surface area contributed by atoms with E-state index in [9.17, 15) is 9.18 Å². The van der Waals surface area contributed by atoms with Crippen LogP contribution in [0.4, 0.5) is 4.39 Å². The standard InChI is InChI=1S/C9H9ClFNO2/c1-2-14-8(13)3-6-4-12-5-7(10)9(6)11/h4-5H,2-3H2,1H3. The molecule has 76 valence electrons.